The Labute approximate surface area is 117 Å². The summed E-state index contributed by atoms with van der Waals surface area (Å²) in [5.74, 6) is -1.47. The highest BCUT2D eigenvalue weighted by atomic mass is 79.9. The van der Waals surface area contributed by atoms with E-state index in [0.29, 0.717) is 0 Å². The van der Waals surface area contributed by atoms with Crippen molar-refractivity contribution in [2.75, 3.05) is 0 Å². The smallest absolute Gasteiger partial charge is 0.378 e. The molecule has 0 aromatic heterocycles. The monoisotopic (exact) mass is 324 g/mol. The largest absolute Gasteiger partial charge is 0.476 e. The van der Waals surface area contributed by atoms with Gasteiger partial charge in [0.15, 0.2) is 0 Å². The summed E-state index contributed by atoms with van der Waals surface area (Å²) in [6, 6.07) is 14.3. The highest BCUT2D eigenvalue weighted by molar-refractivity contribution is 9.10. The molecule has 0 amide bonds. The van der Waals surface area contributed by atoms with E-state index in [0.717, 1.165) is 15.6 Å². The van der Waals surface area contributed by atoms with Gasteiger partial charge in [-0.3, -0.25) is 0 Å². The number of aliphatic carboxylic acids is 1. The first kappa shape index (κ1) is 13.5. The minimum absolute atomic E-state index is 0.177. The van der Waals surface area contributed by atoms with Crippen LogP contribution in [0.1, 0.15) is 0 Å². The molecule has 2 rings (SSSR count). The molecule has 1 N–H and O–H groups in total. The summed E-state index contributed by atoms with van der Waals surface area (Å²) in [5.41, 5.74) is 1.94. The van der Waals surface area contributed by atoms with Gasteiger partial charge in [-0.2, -0.15) is 4.39 Å². The van der Waals surface area contributed by atoms with Crippen molar-refractivity contribution in [1.29, 1.82) is 0 Å². The topological polar surface area (TPSA) is 46.5 Å². The van der Waals surface area contributed by atoms with E-state index in [1.165, 1.54) is 12.1 Å². The molecule has 0 saturated heterocycles. The van der Waals surface area contributed by atoms with Crippen molar-refractivity contribution in [3.63, 3.8) is 0 Å². The lowest BCUT2D eigenvalue weighted by Gasteiger charge is -2.08. The van der Waals surface area contributed by atoms with E-state index in [1.54, 1.807) is 12.1 Å². The lowest BCUT2D eigenvalue weighted by Crippen LogP contribution is -2.21. The highest BCUT2D eigenvalue weighted by Gasteiger charge is 2.16. The van der Waals surface area contributed by atoms with Gasteiger partial charge >= 0.3 is 12.3 Å². The number of rotatable bonds is 4. The predicted octanol–water partition coefficient (Wildman–Crippen LogP) is 3.88. The zero-order chi connectivity index (χ0) is 13.8. The van der Waals surface area contributed by atoms with Crippen molar-refractivity contribution in [2.45, 2.75) is 6.36 Å². The fourth-order valence-corrected chi connectivity index (χ4v) is 1.80. The molecule has 2 aromatic carbocycles. The molecule has 1 unspecified atom stereocenters. The molecule has 19 heavy (non-hydrogen) atoms. The molecule has 3 nitrogen and oxygen atoms in total. The fraction of sp³-hybridized carbons (Fsp3) is 0.0714. The number of halogens is 2. The number of carboxylic acids is 1. The Kier molecular flexibility index (Phi) is 4.16. The molecule has 0 aliphatic carbocycles. The van der Waals surface area contributed by atoms with E-state index in [9.17, 15) is 9.18 Å². The lowest BCUT2D eigenvalue weighted by atomic mass is 10.1. The molecule has 98 valence electrons. The molecule has 0 aliphatic rings. The number of alkyl halides is 1. The minimum Gasteiger partial charge on any atom is -0.476 e. The van der Waals surface area contributed by atoms with Gasteiger partial charge in [0.2, 0.25) is 0 Å². The maximum atomic E-state index is 12.9. The molecule has 0 fully saturated rings. The van der Waals surface area contributed by atoms with E-state index in [2.05, 4.69) is 20.7 Å². The number of ether oxygens (including phenoxy) is 1. The number of carbonyl (C=O) groups is 1. The third kappa shape index (κ3) is 3.54. The van der Waals surface area contributed by atoms with Crippen molar-refractivity contribution in [1.82, 2.24) is 0 Å². The minimum atomic E-state index is -2.35. The van der Waals surface area contributed by atoms with Crippen LogP contribution in [0.4, 0.5) is 4.39 Å². The van der Waals surface area contributed by atoms with Gasteiger partial charge in [-0.05, 0) is 35.4 Å². The van der Waals surface area contributed by atoms with Crippen LogP contribution in [0.3, 0.4) is 0 Å². The van der Waals surface area contributed by atoms with Gasteiger partial charge in [0.1, 0.15) is 5.75 Å². The van der Waals surface area contributed by atoms with Crippen molar-refractivity contribution in [2.24, 2.45) is 0 Å². The first-order chi connectivity index (χ1) is 9.06. The van der Waals surface area contributed by atoms with E-state index < -0.39 is 12.3 Å². The molecule has 1 atom stereocenters. The summed E-state index contributed by atoms with van der Waals surface area (Å²) < 4.78 is 18.4. The van der Waals surface area contributed by atoms with E-state index in [-0.39, 0.29) is 5.75 Å². The number of carboxylic acid groups (broad SMARTS) is 1. The normalized spacial score (nSPS) is 11.9. The van der Waals surface area contributed by atoms with Gasteiger partial charge < -0.3 is 9.84 Å². The van der Waals surface area contributed by atoms with Gasteiger partial charge in [-0.1, -0.05) is 40.2 Å². The van der Waals surface area contributed by atoms with Gasteiger partial charge in [-0.25, -0.2) is 4.79 Å². The molecule has 0 heterocycles. The zero-order valence-electron chi connectivity index (χ0n) is 9.72. The average molecular weight is 325 g/mol. The first-order valence-corrected chi connectivity index (χ1v) is 6.25. The predicted molar refractivity (Wildman–Crippen MR) is 72.7 cm³/mol. The van der Waals surface area contributed by atoms with Crippen LogP contribution in [0, 0.1) is 0 Å². The average Bonchev–Trinajstić information content (AvgIpc) is 2.40. The Morgan fingerprint density at radius 2 is 1.53 bits per heavy atom. The molecule has 0 bridgehead atoms. The van der Waals surface area contributed by atoms with Crippen molar-refractivity contribution >= 4 is 21.9 Å². The highest BCUT2D eigenvalue weighted by Crippen LogP contribution is 2.24. The van der Waals surface area contributed by atoms with Gasteiger partial charge in [0.25, 0.3) is 0 Å². The molecule has 5 heteroatoms. The molecular weight excluding hydrogens is 315 g/mol. The number of hydrogen-bond acceptors (Lipinski definition) is 2. The van der Waals surface area contributed by atoms with Crippen LogP contribution in [0.25, 0.3) is 11.1 Å². The second-order valence-corrected chi connectivity index (χ2v) is 4.72. The van der Waals surface area contributed by atoms with E-state index >= 15 is 0 Å². The Morgan fingerprint density at radius 1 is 1.05 bits per heavy atom. The summed E-state index contributed by atoms with van der Waals surface area (Å²) in [6.07, 6.45) is -2.35. The van der Waals surface area contributed by atoms with Gasteiger partial charge in [0, 0.05) is 4.47 Å². The van der Waals surface area contributed by atoms with Gasteiger partial charge in [0.05, 0.1) is 0 Å². The molecule has 0 spiro atoms. The number of hydrogen-bond donors (Lipinski definition) is 1. The van der Waals surface area contributed by atoms with Crippen molar-refractivity contribution in [3.8, 4) is 16.9 Å². The summed E-state index contributed by atoms with van der Waals surface area (Å²) >= 11 is 3.35. The zero-order valence-corrected chi connectivity index (χ0v) is 11.3. The Hall–Kier alpha value is -1.88. The summed E-state index contributed by atoms with van der Waals surface area (Å²) in [5, 5.41) is 8.40. The maximum Gasteiger partial charge on any atom is 0.378 e. The fourth-order valence-electron chi connectivity index (χ4n) is 1.54. The third-order valence-electron chi connectivity index (χ3n) is 2.47. The maximum absolute atomic E-state index is 12.9. The molecule has 0 radical (unpaired) electrons. The van der Waals surface area contributed by atoms with Crippen molar-refractivity contribution < 1.29 is 19.0 Å². The third-order valence-corrected chi connectivity index (χ3v) is 2.99. The van der Waals surface area contributed by atoms with Crippen LogP contribution in [0.2, 0.25) is 0 Å². The van der Waals surface area contributed by atoms with Gasteiger partial charge in [-0.15, -0.1) is 0 Å². The van der Waals surface area contributed by atoms with Crippen LogP contribution in [-0.4, -0.2) is 17.4 Å². The Bertz CT molecular complexity index is 566. The Morgan fingerprint density at radius 3 is 2.00 bits per heavy atom. The summed E-state index contributed by atoms with van der Waals surface area (Å²) in [4.78, 5) is 10.3. The molecule has 0 saturated carbocycles. The SMILES string of the molecule is O=C(O)C(F)Oc1ccc(-c2ccc(Br)cc2)cc1. The van der Waals surface area contributed by atoms with Crippen molar-refractivity contribution in [3.05, 3.63) is 53.0 Å². The number of benzene rings is 2. The first-order valence-electron chi connectivity index (χ1n) is 5.46. The quantitative estimate of drug-likeness (QED) is 0.928. The molecular formula is C14H10BrFO3. The van der Waals surface area contributed by atoms with Crippen LogP contribution in [0.5, 0.6) is 5.75 Å². The van der Waals surface area contributed by atoms with Crippen LogP contribution >= 0.6 is 15.9 Å². The standard InChI is InChI=1S/C14H10BrFO3/c15-11-5-1-9(2-6-11)10-3-7-12(8-4-10)19-13(16)14(17)18/h1-8,13H,(H,17,18). The van der Waals surface area contributed by atoms with E-state index in [1.807, 2.05) is 24.3 Å². The van der Waals surface area contributed by atoms with Crippen LogP contribution in [-0.2, 0) is 4.79 Å². The molecule has 2 aromatic rings. The summed E-state index contributed by atoms with van der Waals surface area (Å²) in [7, 11) is 0. The van der Waals surface area contributed by atoms with Crippen LogP contribution < -0.4 is 4.74 Å². The van der Waals surface area contributed by atoms with E-state index in [4.69, 9.17) is 5.11 Å². The Balaban J connectivity index is 2.14. The van der Waals surface area contributed by atoms with Crippen LogP contribution in [0.15, 0.2) is 53.0 Å². The second-order valence-electron chi connectivity index (χ2n) is 3.80. The summed E-state index contributed by atoms with van der Waals surface area (Å²) in [6.45, 7) is 0. The second kappa shape index (κ2) is 5.84. The molecule has 0 aliphatic heterocycles. The lowest BCUT2D eigenvalue weighted by molar-refractivity contribution is -0.153.